The standard InChI is InChI=1S/C14H16O3/c1-14(2,3)11-8-13(15)17-12-7-9(16-4)5-6-10(11)12/h5-8H,1-4H3. The van der Waals surface area contributed by atoms with Gasteiger partial charge in [-0.1, -0.05) is 20.8 Å². The molecule has 0 bridgehead atoms. The number of fused-ring (bicyclic) bond motifs is 1. The smallest absolute Gasteiger partial charge is 0.336 e. The van der Waals surface area contributed by atoms with Gasteiger partial charge in [-0.15, -0.1) is 0 Å². The first-order chi connectivity index (χ1) is 7.91. The Morgan fingerprint density at radius 3 is 2.47 bits per heavy atom. The summed E-state index contributed by atoms with van der Waals surface area (Å²) in [4.78, 5) is 11.5. The first kappa shape index (κ1) is 11.7. The van der Waals surface area contributed by atoms with Gasteiger partial charge in [-0.05, 0) is 23.1 Å². The van der Waals surface area contributed by atoms with Crippen LogP contribution in [0.25, 0.3) is 11.0 Å². The molecule has 0 aliphatic rings. The van der Waals surface area contributed by atoms with Crippen LogP contribution >= 0.6 is 0 Å². The van der Waals surface area contributed by atoms with Crippen molar-refractivity contribution in [2.24, 2.45) is 0 Å². The van der Waals surface area contributed by atoms with Crippen molar-refractivity contribution in [1.29, 1.82) is 0 Å². The Hall–Kier alpha value is -1.77. The van der Waals surface area contributed by atoms with Crippen LogP contribution in [0.4, 0.5) is 0 Å². The van der Waals surface area contributed by atoms with Crippen molar-refractivity contribution in [2.75, 3.05) is 7.11 Å². The largest absolute Gasteiger partial charge is 0.497 e. The summed E-state index contributed by atoms with van der Waals surface area (Å²) in [5.41, 5.74) is 1.15. The lowest BCUT2D eigenvalue weighted by Gasteiger charge is -2.20. The Balaban J connectivity index is 2.82. The van der Waals surface area contributed by atoms with Crippen molar-refractivity contribution in [3.8, 4) is 5.75 Å². The van der Waals surface area contributed by atoms with Crippen LogP contribution in [0.5, 0.6) is 5.75 Å². The van der Waals surface area contributed by atoms with E-state index in [1.54, 1.807) is 19.2 Å². The van der Waals surface area contributed by atoms with E-state index in [9.17, 15) is 4.79 Å². The molecular formula is C14H16O3. The van der Waals surface area contributed by atoms with E-state index in [1.807, 2.05) is 12.1 Å². The lowest BCUT2D eigenvalue weighted by atomic mass is 9.85. The molecule has 0 spiro atoms. The molecule has 0 N–H and O–H groups in total. The molecule has 0 unspecified atom stereocenters. The van der Waals surface area contributed by atoms with Gasteiger partial charge in [0.15, 0.2) is 0 Å². The average molecular weight is 232 g/mol. The first-order valence-electron chi connectivity index (χ1n) is 5.54. The van der Waals surface area contributed by atoms with Gasteiger partial charge in [0.2, 0.25) is 0 Å². The zero-order valence-electron chi connectivity index (χ0n) is 10.5. The fourth-order valence-electron chi connectivity index (χ4n) is 1.89. The van der Waals surface area contributed by atoms with E-state index in [1.165, 1.54) is 0 Å². The number of benzene rings is 1. The zero-order chi connectivity index (χ0) is 12.6. The normalized spacial score (nSPS) is 11.8. The van der Waals surface area contributed by atoms with Gasteiger partial charge in [0, 0.05) is 17.5 Å². The molecule has 0 saturated heterocycles. The van der Waals surface area contributed by atoms with Gasteiger partial charge in [0.05, 0.1) is 7.11 Å². The van der Waals surface area contributed by atoms with Crippen LogP contribution in [0.2, 0.25) is 0 Å². The van der Waals surface area contributed by atoms with Gasteiger partial charge in [0.25, 0.3) is 0 Å². The third-order valence-corrected chi connectivity index (χ3v) is 2.76. The molecule has 3 heteroatoms. The molecule has 0 fully saturated rings. The van der Waals surface area contributed by atoms with Crippen LogP contribution in [-0.4, -0.2) is 7.11 Å². The third-order valence-electron chi connectivity index (χ3n) is 2.76. The minimum Gasteiger partial charge on any atom is -0.497 e. The minimum absolute atomic E-state index is 0.0945. The van der Waals surface area contributed by atoms with E-state index in [-0.39, 0.29) is 11.0 Å². The first-order valence-corrected chi connectivity index (χ1v) is 5.54. The molecule has 1 aromatic heterocycles. The van der Waals surface area contributed by atoms with Crippen molar-refractivity contribution < 1.29 is 9.15 Å². The second-order valence-corrected chi connectivity index (χ2v) is 5.09. The summed E-state index contributed by atoms with van der Waals surface area (Å²) >= 11 is 0. The molecule has 90 valence electrons. The second kappa shape index (κ2) is 3.91. The Labute approximate surface area is 100 Å². The summed E-state index contributed by atoms with van der Waals surface area (Å²) in [5, 5.41) is 0.956. The van der Waals surface area contributed by atoms with Crippen molar-refractivity contribution in [3.63, 3.8) is 0 Å². The van der Waals surface area contributed by atoms with Gasteiger partial charge in [-0.3, -0.25) is 0 Å². The highest BCUT2D eigenvalue weighted by Gasteiger charge is 2.19. The number of methoxy groups -OCH3 is 1. The van der Waals surface area contributed by atoms with Gasteiger partial charge in [0.1, 0.15) is 11.3 Å². The van der Waals surface area contributed by atoms with E-state index in [0.29, 0.717) is 11.3 Å². The summed E-state index contributed by atoms with van der Waals surface area (Å²) in [6.45, 7) is 6.22. The number of rotatable bonds is 1. The monoisotopic (exact) mass is 232 g/mol. The molecule has 1 heterocycles. The van der Waals surface area contributed by atoms with Crippen LogP contribution in [0.15, 0.2) is 33.5 Å². The van der Waals surface area contributed by atoms with E-state index in [2.05, 4.69) is 20.8 Å². The average Bonchev–Trinajstić information content (AvgIpc) is 2.25. The van der Waals surface area contributed by atoms with Crippen LogP contribution in [0.3, 0.4) is 0 Å². The van der Waals surface area contributed by atoms with Gasteiger partial charge >= 0.3 is 5.63 Å². The molecule has 0 aliphatic heterocycles. The van der Waals surface area contributed by atoms with Crippen LogP contribution in [0, 0.1) is 0 Å². The summed E-state index contributed by atoms with van der Waals surface area (Å²) in [6.07, 6.45) is 0. The third kappa shape index (κ3) is 2.18. The van der Waals surface area contributed by atoms with E-state index >= 15 is 0 Å². The molecular weight excluding hydrogens is 216 g/mol. The molecule has 0 radical (unpaired) electrons. The zero-order valence-corrected chi connectivity index (χ0v) is 10.5. The summed E-state index contributed by atoms with van der Waals surface area (Å²) in [5.74, 6) is 0.687. The lowest BCUT2D eigenvalue weighted by molar-refractivity contribution is 0.414. The molecule has 0 amide bonds. The molecule has 2 rings (SSSR count). The molecule has 0 atom stereocenters. The number of ether oxygens (including phenoxy) is 1. The highest BCUT2D eigenvalue weighted by molar-refractivity contribution is 5.82. The van der Waals surface area contributed by atoms with E-state index < -0.39 is 0 Å². The van der Waals surface area contributed by atoms with Gasteiger partial charge in [-0.2, -0.15) is 0 Å². The highest BCUT2D eigenvalue weighted by atomic mass is 16.5. The maximum atomic E-state index is 11.5. The van der Waals surface area contributed by atoms with Gasteiger partial charge in [-0.25, -0.2) is 4.79 Å². The predicted molar refractivity (Wildman–Crippen MR) is 67.7 cm³/mol. The number of hydrogen-bond acceptors (Lipinski definition) is 3. The van der Waals surface area contributed by atoms with Crippen molar-refractivity contribution >= 4 is 11.0 Å². The minimum atomic E-state index is -0.323. The topological polar surface area (TPSA) is 39.4 Å². The van der Waals surface area contributed by atoms with Crippen LogP contribution < -0.4 is 10.4 Å². The maximum absolute atomic E-state index is 11.5. The summed E-state index contributed by atoms with van der Waals surface area (Å²) in [6, 6.07) is 7.11. The Kier molecular flexibility index (Phi) is 2.69. The lowest BCUT2D eigenvalue weighted by Crippen LogP contribution is -2.15. The van der Waals surface area contributed by atoms with Crippen molar-refractivity contribution in [1.82, 2.24) is 0 Å². The van der Waals surface area contributed by atoms with E-state index in [4.69, 9.17) is 9.15 Å². The Morgan fingerprint density at radius 1 is 1.18 bits per heavy atom. The molecule has 1 aromatic carbocycles. The molecule has 0 saturated carbocycles. The van der Waals surface area contributed by atoms with Crippen molar-refractivity contribution in [3.05, 3.63) is 40.2 Å². The van der Waals surface area contributed by atoms with Crippen LogP contribution in [0.1, 0.15) is 26.3 Å². The quantitative estimate of drug-likeness (QED) is 0.709. The fourth-order valence-corrected chi connectivity index (χ4v) is 1.89. The second-order valence-electron chi connectivity index (χ2n) is 5.09. The SMILES string of the molecule is COc1ccc2c(C(C)(C)C)cc(=O)oc2c1. The maximum Gasteiger partial charge on any atom is 0.336 e. The van der Waals surface area contributed by atoms with Crippen molar-refractivity contribution in [2.45, 2.75) is 26.2 Å². The number of hydrogen-bond donors (Lipinski definition) is 0. The Bertz CT molecular complexity index is 603. The predicted octanol–water partition coefficient (Wildman–Crippen LogP) is 3.10. The van der Waals surface area contributed by atoms with Crippen LogP contribution in [-0.2, 0) is 5.41 Å². The Morgan fingerprint density at radius 2 is 1.88 bits per heavy atom. The molecule has 0 aliphatic carbocycles. The highest BCUT2D eigenvalue weighted by Crippen LogP contribution is 2.30. The molecule has 17 heavy (non-hydrogen) atoms. The molecule has 3 nitrogen and oxygen atoms in total. The molecule has 2 aromatic rings. The van der Waals surface area contributed by atoms with E-state index in [0.717, 1.165) is 10.9 Å². The summed E-state index contributed by atoms with van der Waals surface area (Å²) < 4.78 is 10.3. The summed E-state index contributed by atoms with van der Waals surface area (Å²) in [7, 11) is 1.59. The van der Waals surface area contributed by atoms with Gasteiger partial charge < -0.3 is 9.15 Å². The fraction of sp³-hybridized carbons (Fsp3) is 0.357.